The molecule has 0 amide bonds. The van der Waals surface area contributed by atoms with Crippen LogP contribution in [0.1, 0.15) is 11.1 Å². The molecule has 3 aromatic rings. The van der Waals surface area contributed by atoms with Gasteiger partial charge in [0.1, 0.15) is 5.76 Å². The summed E-state index contributed by atoms with van der Waals surface area (Å²) in [6.45, 7) is 0. The molecule has 23 heavy (non-hydrogen) atoms. The van der Waals surface area contributed by atoms with E-state index in [9.17, 15) is 4.79 Å². The van der Waals surface area contributed by atoms with Crippen LogP contribution < -0.4 is 0 Å². The molecule has 2 heteroatoms. The second-order valence-electron chi connectivity index (χ2n) is 5.44. The molecule has 1 aliphatic rings. The van der Waals surface area contributed by atoms with E-state index >= 15 is 0 Å². The summed E-state index contributed by atoms with van der Waals surface area (Å²) < 4.78 is 5.49. The Hall–Kier alpha value is -3.13. The van der Waals surface area contributed by atoms with Crippen molar-refractivity contribution in [3.63, 3.8) is 0 Å². The molecule has 0 radical (unpaired) electrons. The number of hydrogen-bond acceptors (Lipinski definition) is 2. The standard InChI is InChI=1S/C21H14O2/c22-21-17(13-15-7-2-1-3-8-15)14-20(23-21)19-12-6-10-16-9-4-5-11-18(16)19/h1-14H/b17-13-. The number of fused-ring (bicyclic) bond motifs is 1. The molecule has 0 spiro atoms. The highest BCUT2D eigenvalue weighted by Crippen LogP contribution is 2.31. The van der Waals surface area contributed by atoms with Crippen LogP contribution in [0, 0.1) is 0 Å². The Bertz CT molecular complexity index is 945. The molecule has 2 nitrogen and oxygen atoms in total. The van der Waals surface area contributed by atoms with Gasteiger partial charge in [-0.3, -0.25) is 0 Å². The van der Waals surface area contributed by atoms with Gasteiger partial charge >= 0.3 is 5.97 Å². The number of esters is 1. The molecule has 0 saturated heterocycles. The number of benzene rings is 3. The minimum Gasteiger partial charge on any atom is -0.422 e. The maximum atomic E-state index is 12.2. The third kappa shape index (κ3) is 2.55. The molecular formula is C21H14O2. The average molecular weight is 298 g/mol. The summed E-state index contributed by atoms with van der Waals surface area (Å²) in [6, 6.07) is 23.9. The summed E-state index contributed by atoms with van der Waals surface area (Å²) >= 11 is 0. The Labute approximate surface area is 134 Å². The zero-order chi connectivity index (χ0) is 15.6. The van der Waals surface area contributed by atoms with Gasteiger partial charge in [-0.15, -0.1) is 0 Å². The van der Waals surface area contributed by atoms with Crippen molar-refractivity contribution in [2.45, 2.75) is 0 Å². The first kappa shape index (κ1) is 13.5. The highest BCUT2D eigenvalue weighted by molar-refractivity contribution is 6.07. The van der Waals surface area contributed by atoms with Crippen LogP contribution in [0.25, 0.3) is 22.6 Å². The van der Waals surface area contributed by atoms with Gasteiger partial charge in [-0.1, -0.05) is 72.8 Å². The molecule has 0 aliphatic carbocycles. The fraction of sp³-hybridized carbons (Fsp3) is 0. The van der Waals surface area contributed by atoms with Crippen molar-refractivity contribution in [2.24, 2.45) is 0 Å². The van der Waals surface area contributed by atoms with Crippen LogP contribution in [0.4, 0.5) is 0 Å². The summed E-state index contributed by atoms with van der Waals surface area (Å²) in [4.78, 5) is 12.2. The highest BCUT2D eigenvalue weighted by Gasteiger charge is 2.22. The highest BCUT2D eigenvalue weighted by atomic mass is 16.5. The molecule has 3 aromatic carbocycles. The number of carbonyl (C=O) groups excluding carboxylic acids is 1. The predicted octanol–water partition coefficient (Wildman–Crippen LogP) is 4.82. The van der Waals surface area contributed by atoms with Crippen LogP contribution in [-0.4, -0.2) is 5.97 Å². The lowest BCUT2D eigenvalue weighted by molar-refractivity contribution is -0.130. The van der Waals surface area contributed by atoms with Gasteiger partial charge in [0.05, 0.1) is 5.57 Å². The Kier molecular flexibility index (Phi) is 3.28. The van der Waals surface area contributed by atoms with Crippen molar-refractivity contribution in [1.29, 1.82) is 0 Å². The number of rotatable bonds is 2. The first-order chi connectivity index (χ1) is 11.3. The minimum absolute atomic E-state index is 0.309. The zero-order valence-electron chi connectivity index (χ0n) is 12.4. The monoisotopic (exact) mass is 298 g/mol. The number of cyclic esters (lactones) is 1. The van der Waals surface area contributed by atoms with E-state index in [0.29, 0.717) is 11.3 Å². The Balaban J connectivity index is 1.79. The number of ether oxygens (including phenoxy) is 1. The SMILES string of the molecule is O=C1OC(c2cccc3ccccc23)=C/C1=C/c1ccccc1. The topological polar surface area (TPSA) is 26.3 Å². The normalized spacial score (nSPS) is 15.7. The molecule has 0 unspecified atom stereocenters. The first-order valence-electron chi connectivity index (χ1n) is 7.50. The molecule has 0 saturated carbocycles. The molecule has 0 fully saturated rings. The van der Waals surface area contributed by atoms with Crippen LogP contribution in [0.5, 0.6) is 0 Å². The molecule has 0 atom stereocenters. The third-order valence-corrected chi connectivity index (χ3v) is 3.90. The van der Waals surface area contributed by atoms with E-state index in [2.05, 4.69) is 12.1 Å². The molecule has 0 aromatic heterocycles. The van der Waals surface area contributed by atoms with Crippen molar-refractivity contribution in [2.75, 3.05) is 0 Å². The molecular weight excluding hydrogens is 284 g/mol. The van der Waals surface area contributed by atoms with Gasteiger partial charge in [-0.2, -0.15) is 0 Å². The van der Waals surface area contributed by atoms with E-state index in [1.807, 2.05) is 72.8 Å². The second-order valence-corrected chi connectivity index (χ2v) is 5.44. The van der Waals surface area contributed by atoms with Crippen LogP contribution >= 0.6 is 0 Å². The lowest BCUT2D eigenvalue weighted by Crippen LogP contribution is -1.97. The summed E-state index contributed by atoms with van der Waals surface area (Å²) in [5.74, 6) is 0.297. The van der Waals surface area contributed by atoms with Gasteiger partial charge in [0, 0.05) is 5.56 Å². The summed E-state index contributed by atoms with van der Waals surface area (Å²) in [7, 11) is 0. The average Bonchev–Trinajstić information content (AvgIpc) is 2.96. The lowest BCUT2D eigenvalue weighted by Gasteiger charge is -2.06. The zero-order valence-corrected chi connectivity index (χ0v) is 12.4. The smallest absolute Gasteiger partial charge is 0.343 e. The Morgan fingerprint density at radius 3 is 2.39 bits per heavy atom. The van der Waals surface area contributed by atoms with E-state index in [1.165, 1.54) is 0 Å². The number of hydrogen-bond donors (Lipinski definition) is 0. The van der Waals surface area contributed by atoms with Gasteiger partial charge < -0.3 is 4.74 Å². The Morgan fingerprint density at radius 2 is 1.52 bits per heavy atom. The molecule has 110 valence electrons. The summed E-state index contributed by atoms with van der Waals surface area (Å²) in [5, 5.41) is 2.21. The molecule has 0 N–H and O–H groups in total. The van der Waals surface area contributed by atoms with Crippen LogP contribution in [0.2, 0.25) is 0 Å². The van der Waals surface area contributed by atoms with Gasteiger partial charge in [0.15, 0.2) is 0 Å². The van der Waals surface area contributed by atoms with Crippen molar-refractivity contribution >= 4 is 28.6 Å². The van der Waals surface area contributed by atoms with Crippen molar-refractivity contribution < 1.29 is 9.53 Å². The fourth-order valence-electron chi connectivity index (χ4n) is 2.79. The van der Waals surface area contributed by atoms with Gasteiger partial charge in [-0.05, 0) is 28.5 Å². The van der Waals surface area contributed by atoms with Crippen molar-refractivity contribution in [3.8, 4) is 0 Å². The Morgan fingerprint density at radius 1 is 0.783 bits per heavy atom. The van der Waals surface area contributed by atoms with Gasteiger partial charge in [-0.25, -0.2) is 4.79 Å². The van der Waals surface area contributed by atoms with E-state index in [0.717, 1.165) is 21.9 Å². The van der Waals surface area contributed by atoms with Crippen LogP contribution in [-0.2, 0) is 9.53 Å². The quantitative estimate of drug-likeness (QED) is 0.501. The van der Waals surface area contributed by atoms with Crippen molar-refractivity contribution in [1.82, 2.24) is 0 Å². The van der Waals surface area contributed by atoms with E-state index < -0.39 is 0 Å². The van der Waals surface area contributed by atoms with Gasteiger partial charge in [0.25, 0.3) is 0 Å². The van der Waals surface area contributed by atoms with Crippen LogP contribution in [0.3, 0.4) is 0 Å². The molecule has 4 rings (SSSR count). The predicted molar refractivity (Wildman–Crippen MR) is 92.4 cm³/mol. The van der Waals surface area contributed by atoms with Gasteiger partial charge in [0.2, 0.25) is 0 Å². The van der Waals surface area contributed by atoms with Crippen LogP contribution in [0.15, 0.2) is 84.4 Å². The summed E-state index contributed by atoms with van der Waals surface area (Å²) in [5.41, 5.74) is 2.49. The number of carbonyl (C=O) groups is 1. The van der Waals surface area contributed by atoms with Crippen molar-refractivity contribution in [3.05, 3.63) is 95.6 Å². The maximum Gasteiger partial charge on any atom is 0.343 e. The maximum absolute atomic E-state index is 12.2. The molecule has 1 heterocycles. The van der Waals surface area contributed by atoms with E-state index in [4.69, 9.17) is 4.74 Å². The third-order valence-electron chi connectivity index (χ3n) is 3.90. The second kappa shape index (κ2) is 5.58. The molecule has 1 aliphatic heterocycles. The summed E-state index contributed by atoms with van der Waals surface area (Å²) in [6.07, 6.45) is 3.66. The molecule has 0 bridgehead atoms. The largest absolute Gasteiger partial charge is 0.422 e. The fourth-order valence-corrected chi connectivity index (χ4v) is 2.79. The minimum atomic E-state index is -0.309. The first-order valence-corrected chi connectivity index (χ1v) is 7.50. The van der Waals surface area contributed by atoms with E-state index in [-0.39, 0.29) is 5.97 Å². The van der Waals surface area contributed by atoms with E-state index in [1.54, 1.807) is 0 Å². The lowest BCUT2D eigenvalue weighted by atomic mass is 10.0.